The Hall–Kier alpha value is -1.57. The van der Waals surface area contributed by atoms with E-state index in [4.69, 9.17) is 0 Å². The number of carbonyl (C=O) groups is 2. The van der Waals surface area contributed by atoms with Crippen LogP contribution in [-0.2, 0) is 9.53 Å². The van der Waals surface area contributed by atoms with Gasteiger partial charge in [0.25, 0.3) is 0 Å². The van der Waals surface area contributed by atoms with Crippen molar-refractivity contribution >= 4 is 27.9 Å². The van der Waals surface area contributed by atoms with Crippen molar-refractivity contribution in [2.75, 3.05) is 13.7 Å². The Morgan fingerprint density at radius 3 is 2.83 bits per heavy atom. The summed E-state index contributed by atoms with van der Waals surface area (Å²) in [4.78, 5) is 34.1. The molecule has 1 aliphatic heterocycles. The van der Waals surface area contributed by atoms with Gasteiger partial charge in [-0.25, -0.2) is 9.78 Å². The summed E-state index contributed by atoms with van der Waals surface area (Å²) in [6, 6.07) is -0.710. The molecule has 1 aromatic heterocycles. The zero-order valence-corrected chi connectivity index (χ0v) is 16.1. The Morgan fingerprint density at radius 1 is 1.58 bits per heavy atom. The van der Waals surface area contributed by atoms with E-state index in [1.807, 2.05) is 18.7 Å². The maximum absolute atomic E-state index is 13.1. The lowest BCUT2D eigenvalue weighted by Gasteiger charge is -2.30. The topological polar surface area (TPSA) is 87.3 Å². The number of ether oxygens (including phenoxy) is 1. The maximum atomic E-state index is 13.1. The normalized spacial score (nSPS) is 23.0. The van der Waals surface area contributed by atoms with Crippen molar-refractivity contribution in [2.24, 2.45) is 11.8 Å². The number of hydrogen-bond acceptors (Lipinski definition) is 4. The first-order valence-electron chi connectivity index (χ1n) is 8.22. The quantitative estimate of drug-likeness (QED) is 0.795. The molecule has 0 bridgehead atoms. The van der Waals surface area contributed by atoms with Crippen molar-refractivity contribution < 1.29 is 14.3 Å². The fourth-order valence-corrected chi connectivity index (χ4v) is 3.38. The van der Waals surface area contributed by atoms with Crippen LogP contribution in [-0.4, -0.2) is 46.6 Å². The van der Waals surface area contributed by atoms with E-state index < -0.39 is 12.1 Å². The van der Waals surface area contributed by atoms with E-state index in [9.17, 15) is 9.59 Å². The minimum absolute atomic E-state index is 0.0106. The van der Waals surface area contributed by atoms with Crippen LogP contribution in [0.5, 0.6) is 0 Å². The molecule has 1 fully saturated rings. The van der Waals surface area contributed by atoms with Crippen LogP contribution >= 0.6 is 15.9 Å². The van der Waals surface area contributed by atoms with Crippen molar-refractivity contribution in [1.82, 2.24) is 20.2 Å². The minimum atomic E-state index is -0.603. The van der Waals surface area contributed by atoms with Gasteiger partial charge in [-0.1, -0.05) is 27.2 Å². The number of nitrogens with zero attached hydrogens (tertiary/aromatic N) is 2. The molecule has 0 saturated carbocycles. The lowest BCUT2D eigenvalue weighted by atomic mass is 9.97. The number of likely N-dealkylation sites (tertiary alicyclic amines) is 1. The average molecular weight is 401 g/mol. The van der Waals surface area contributed by atoms with Gasteiger partial charge in [-0.2, -0.15) is 0 Å². The third-order valence-electron chi connectivity index (χ3n) is 4.61. The Morgan fingerprint density at radius 2 is 2.29 bits per heavy atom. The molecule has 2 amide bonds. The third kappa shape index (κ3) is 4.09. The molecule has 0 spiro atoms. The highest BCUT2D eigenvalue weighted by Gasteiger charge is 2.40. The molecule has 0 aromatic carbocycles. The number of halogens is 1. The molecule has 2 rings (SSSR count). The van der Waals surface area contributed by atoms with E-state index >= 15 is 0 Å². The molecule has 7 nitrogen and oxygen atoms in total. The summed E-state index contributed by atoms with van der Waals surface area (Å²) >= 11 is 3.36. The van der Waals surface area contributed by atoms with Gasteiger partial charge in [-0.05, 0) is 34.2 Å². The van der Waals surface area contributed by atoms with Crippen LogP contribution in [0.2, 0.25) is 0 Å². The Bertz CT molecular complexity index is 592. The summed E-state index contributed by atoms with van der Waals surface area (Å²) in [7, 11) is 1.30. The number of H-pyrrole nitrogens is 1. The first kappa shape index (κ1) is 18.8. The smallest absolute Gasteiger partial charge is 0.407 e. The van der Waals surface area contributed by atoms with Gasteiger partial charge in [0.15, 0.2) is 0 Å². The van der Waals surface area contributed by atoms with Crippen LogP contribution < -0.4 is 5.32 Å². The summed E-state index contributed by atoms with van der Waals surface area (Å²) in [5.74, 6) is 1.06. The van der Waals surface area contributed by atoms with Gasteiger partial charge in [0, 0.05) is 6.54 Å². The fourth-order valence-electron chi connectivity index (χ4n) is 3.08. The lowest BCUT2D eigenvalue weighted by molar-refractivity contribution is -0.135. The maximum Gasteiger partial charge on any atom is 0.407 e. The molecule has 4 atom stereocenters. The number of amides is 2. The molecule has 2 N–H and O–H groups in total. The molecule has 2 heterocycles. The van der Waals surface area contributed by atoms with Crippen molar-refractivity contribution in [1.29, 1.82) is 0 Å². The van der Waals surface area contributed by atoms with Crippen molar-refractivity contribution in [3.63, 3.8) is 0 Å². The van der Waals surface area contributed by atoms with Gasteiger partial charge in [-0.15, -0.1) is 0 Å². The van der Waals surface area contributed by atoms with Gasteiger partial charge < -0.3 is 19.9 Å². The highest BCUT2D eigenvalue weighted by molar-refractivity contribution is 9.10. The minimum Gasteiger partial charge on any atom is -0.453 e. The monoisotopic (exact) mass is 400 g/mol. The van der Waals surface area contributed by atoms with Crippen LogP contribution in [0.3, 0.4) is 0 Å². The molecule has 1 aromatic rings. The SMILES string of the molecule is CCC(C)[C@H](NC(=O)OC)C(=O)N1C[C@@H](C)C[C@H]1c1ncc(Br)[nH]1. The predicted molar refractivity (Wildman–Crippen MR) is 93.3 cm³/mol. The molecule has 24 heavy (non-hydrogen) atoms. The van der Waals surface area contributed by atoms with Crippen LogP contribution in [0.25, 0.3) is 0 Å². The molecule has 0 radical (unpaired) electrons. The van der Waals surface area contributed by atoms with Crippen molar-refractivity contribution in [2.45, 2.75) is 45.7 Å². The van der Waals surface area contributed by atoms with Gasteiger partial charge in [0.1, 0.15) is 16.5 Å². The second kappa shape index (κ2) is 8.00. The van der Waals surface area contributed by atoms with E-state index in [0.29, 0.717) is 12.5 Å². The van der Waals surface area contributed by atoms with Gasteiger partial charge in [0.05, 0.1) is 19.3 Å². The molecular weight excluding hydrogens is 376 g/mol. The number of rotatable bonds is 5. The van der Waals surface area contributed by atoms with Gasteiger partial charge in [-0.3, -0.25) is 4.79 Å². The fraction of sp³-hybridized carbons (Fsp3) is 0.688. The summed E-state index contributed by atoms with van der Waals surface area (Å²) in [5, 5.41) is 2.69. The van der Waals surface area contributed by atoms with E-state index in [0.717, 1.165) is 23.3 Å². The largest absolute Gasteiger partial charge is 0.453 e. The zero-order valence-electron chi connectivity index (χ0n) is 14.5. The van der Waals surface area contributed by atoms with E-state index in [-0.39, 0.29) is 17.9 Å². The predicted octanol–water partition coefficient (Wildman–Crippen LogP) is 2.85. The van der Waals surface area contributed by atoms with Gasteiger partial charge >= 0.3 is 6.09 Å². The van der Waals surface area contributed by atoms with Gasteiger partial charge in [0.2, 0.25) is 5.91 Å². The molecule has 0 aliphatic carbocycles. The summed E-state index contributed by atoms with van der Waals surface area (Å²) < 4.78 is 5.47. The summed E-state index contributed by atoms with van der Waals surface area (Å²) in [5.41, 5.74) is 0. The highest BCUT2D eigenvalue weighted by Crippen LogP contribution is 2.35. The number of methoxy groups -OCH3 is 1. The Labute approximate surface area is 150 Å². The number of aromatic amines is 1. The van der Waals surface area contributed by atoms with Crippen LogP contribution in [0.1, 0.15) is 45.5 Å². The molecule has 1 saturated heterocycles. The molecular formula is C16H25BrN4O3. The first-order valence-corrected chi connectivity index (χ1v) is 9.02. The highest BCUT2D eigenvalue weighted by atomic mass is 79.9. The standard InChI is InChI=1S/C16H25BrN4O3/c1-5-10(3)13(20-16(23)24-4)15(22)21-8-9(2)6-11(21)14-18-7-12(17)19-14/h7,9-11,13H,5-6,8H2,1-4H3,(H,18,19)(H,20,23)/t9-,10?,11-,13-/m0/s1. The number of carbonyl (C=O) groups excluding carboxylic acids is 2. The third-order valence-corrected chi connectivity index (χ3v) is 5.01. The van der Waals surface area contributed by atoms with Crippen LogP contribution in [0, 0.1) is 11.8 Å². The van der Waals surface area contributed by atoms with E-state index in [2.05, 4.69) is 42.9 Å². The molecule has 1 unspecified atom stereocenters. The van der Waals surface area contributed by atoms with Crippen molar-refractivity contribution in [3.8, 4) is 0 Å². The number of nitrogens with one attached hydrogen (secondary N) is 2. The summed E-state index contributed by atoms with van der Waals surface area (Å²) in [6.07, 6.45) is 2.73. The first-order chi connectivity index (χ1) is 11.4. The number of hydrogen-bond donors (Lipinski definition) is 2. The molecule has 134 valence electrons. The molecule has 8 heteroatoms. The lowest BCUT2D eigenvalue weighted by Crippen LogP contribution is -2.51. The molecule has 1 aliphatic rings. The number of aromatic nitrogens is 2. The van der Waals surface area contributed by atoms with E-state index in [1.165, 1.54) is 7.11 Å². The zero-order chi connectivity index (χ0) is 17.9. The van der Waals surface area contributed by atoms with Crippen LogP contribution in [0.15, 0.2) is 10.8 Å². The Kier molecular flexibility index (Phi) is 6.26. The Balaban J connectivity index is 2.23. The number of alkyl carbamates (subject to hydrolysis) is 1. The second-order valence-corrected chi connectivity index (χ2v) is 7.32. The second-order valence-electron chi connectivity index (χ2n) is 6.46. The van der Waals surface area contributed by atoms with Crippen molar-refractivity contribution in [3.05, 3.63) is 16.6 Å². The average Bonchev–Trinajstić information content (AvgIpc) is 3.16. The van der Waals surface area contributed by atoms with Crippen LogP contribution in [0.4, 0.5) is 4.79 Å². The number of imidazole rings is 1. The van der Waals surface area contributed by atoms with E-state index in [1.54, 1.807) is 6.20 Å². The summed E-state index contributed by atoms with van der Waals surface area (Å²) in [6.45, 7) is 6.72.